The van der Waals surface area contributed by atoms with E-state index in [0.717, 1.165) is 16.1 Å². The van der Waals surface area contributed by atoms with Gasteiger partial charge in [-0.3, -0.25) is 0 Å². The van der Waals surface area contributed by atoms with Crippen LogP contribution in [0.25, 0.3) is 0 Å². The fraction of sp³-hybridized carbons (Fsp3) is 0.300. The molecule has 18 heavy (non-hydrogen) atoms. The van der Waals surface area contributed by atoms with Gasteiger partial charge in [0.2, 0.25) is 10.0 Å². The van der Waals surface area contributed by atoms with Gasteiger partial charge in [0.05, 0.1) is 4.90 Å². The van der Waals surface area contributed by atoms with Crippen molar-refractivity contribution in [1.82, 2.24) is 4.31 Å². The number of thioether (sulfide) groups is 1. The van der Waals surface area contributed by atoms with Gasteiger partial charge >= 0.3 is 5.97 Å². The number of nitrogens with zero attached hydrogens (tertiary/aromatic N) is 1. The molecule has 0 saturated carbocycles. The lowest BCUT2D eigenvalue weighted by atomic mass is 10.3. The Kier molecular flexibility index (Phi) is 3.51. The molecule has 3 N–H and O–H groups in total. The number of benzene rings is 1. The molecule has 1 aliphatic heterocycles. The fourth-order valence-corrected chi connectivity index (χ4v) is 4.67. The normalized spacial score (nSPS) is 21.0. The number of nitrogens with two attached hydrogens (primary N) is 1. The van der Waals surface area contributed by atoms with Crippen LogP contribution in [0.1, 0.15) is 0 Å². The standard InChI is InChI=1S/C10H12N2O4S2/c11-7-1-3-8(4-2-7)18(15,16)12-5-6-17-9(12)10(13)14/h1-4,9H,5-6,11H2,(H,13,14)/t9-/m0/s1. The van der Waals surface area contributed by atoms with E-state index in [0.29, 0.717) is 11.4 Å². The molecule has 1 saturated heterocycles. The third-order valence-corrected chi connectivity index (χ3v) is 5.75. The summed E-state index contributed by atoms with van der Waals surface area (Å²) in [4.78, 5) is 11.1. The van der Waals surface area contributed by atoms with Crippen molar-refractivity contribution in [2.45, 2.75) is 10.3 Å². The quantitative estimate of drug-likeness (QED) is 0.782. The number of nitrogen functional groups attached to an aromatic ring is 1. The van der Waals surface area contributed by atoms with E-state index in [1.807, 2.05) is 0 Å². The minimum atomic E-state index is -3.77. The minimum Gasteiger partial charge on any atom is -0.479 e. The SMILES string of the molecule is Nc1ccc(S(=O)(=O)N2CCS[C@H]2C(=O)O)cc1. The molecule has 0 amide bonds. The number of rotatable bonds is 3. The van der Waals surface area contributed by atoms with Gasteiger partial charge in [-0.2, -0.15) is 4.31 Å². The first-order valence-electron chi connectivity index (χ1n) is 5.15. The van der Waals surface area contributed by atoms with Crippen molar-refractivity contribution >= 4 is 33.4 Å². The molecule has 98 valence electrons. The number of aliphatic carboxylic acids is 1. The lowest BCUT2D eigenvalue weighted by Gasteiger charge is -2.20. The van der Waals surface area contributed by atoms with Gasteiger partial charge in [-0.25, -0.2) is 13.2 Å². The summed E-state index contributed by atoms with van der Waals surface area (Å²) in [6.07, 6.45) is 0. The summed E-state index contributed by atoms with van der Waals surface area (Å²) in [6.45, 7) is 0.203. The summed E-state index contributed by atoms with van der Waals surface area (Å²) in [7, 11) is -3.77. The van der Waals surface area contributed by atoms with Crippen molar-refractivity contribution in [3.8, 4) is 0 Å². The van der Waals surface area contributed by atoms with E-state index in [1.54, 1.807) is 0 Å². The molecular formula is C10H12N2O4S2. The van der Waals surface area contributed by atoms with Crippen LogP contribution in [0, 0.1) is 0 Å². The molecule has 2 rings (SSSR count). The smallest absolute Gasteiger partial charge is 0.332 e. The molecule has 0 bridgehead atoms. The molecule has 1 aromatic rings. The highest BCUT2D eigenvalue weighted by Gasteiger charge is 2.40. The molecule has 0 aromatic heterocycles. The first-order chi connectivity index (χ1) is 8.43. The van der Waals surface area contributed by atoms with E-state index in [1.165, 1.54) is 24.3 Å². The molecule has 1 aliphatic rings. The Labute approximate surface area is 109 Å². The number of hydrogen-bond donors (Lipinski definition) is 2. The Balaban J connectivity index is 2.36. The van der Waals surface area contributed by atoms with Crippen molar-refractivity contribution in [3.05, 3.63) is 24.3 Å². The third kappa shape index (κ3) is 2.31. The Hall–Kier alpha value is -1.25. The highest BCUT2D eigenvalue weighted by molar-refractivity contribution is 8.02. The second-order valence-corrected chi connectivity index (χ2v) is 6.82. The Morgan fingerprint density at radius 1 is 1.39 bits per heavy atom. The van der Waals surface area contributed by atoms with Gasteiger partial charge in [0.15, 0.2) is 5.37 Å². The van der Waals surface area contributed by atoms with Crippen LogP contribution in [0.3, 0.4) is 0 Å². The van der Waals surface area contributed by atoms with E-state index in [9.17, 15) is 13.2 Å². The van der Waals surface area contributed by atoms with Gasteiger partial charge in [0.1, 0.15) is 0 Å². The summed E-state index contributed by atoms with van der Waals surface area (Å²) in [5, 5.41) is 7.94. The van der Waals surface area contributed by atoms with Gasteiger partial charge in [0.25, 0.3) is 0 Å². The average Bonchev–Trinajstić information content (AvgIpc) is 2.79. The van der Waals surface area contributed by atoms with Crippen LogP contribution in [0.2, 0.25) is 0 Å². The molecule has 6 nitrogen and oxygen atoms in total. The van der Waals surface area contributed by atoms with Gasteiger partial charge in [-0.1, -0.05) is 0 Å². The zero-order valence-electron chi connectivity index (χ0n) is 9.31. The molecule has 0 spiro atoms. The second-order valence-electron chi connectivity index (χ2n) is 3.75. The Morgan fingerprint density at radius 2 is 2.00 bits per heavy atom. The van der Waals surface area contributed by atoms with Gasteiger partial charge in [-0.05, 0) is 24.3 Å². The Bertz CT molecular complexity index is 556. The number of sulfonamides is 1. The summed E-state index contributed by atoms with van der Waals surface area (Å²) < 4.78 is 25.5. The van der Waals surface area contributed by atoms with Gasteiger partial charge in [-0.15, -0.1) is 11.8 Å². The molecule has 1 aromatic carbocycles. The molecule has 1 atom stereocenters. The van der Waals surface area contributed by atoms with Crippen molar-refractivity contribution < 1.29 is 18.3 Å². The van der Waals surface area contributed by atoms with Crippen LogP contribution in [-0.4, -0.2) is 41.5 Å². The van der Waals surface area contributed by atoms with Crippen LogP contribution in [-0.2, 0) is 14.8 Å². The Morgan fingerprint density at radius 3 is 2.56 bits per heavy atom. The van der Waals surface area contributed by atoms with Crippen molar-refractivity contribution in [2.75, 3.05) is 18.0 Å². The number of hydrogen-bond acceptors (Lipinski definition) is 5. The van der Waals surface area contributed by atoms with Gasteiger partial charge < -0.3 is 10.8 Å². The van der Waals surface area contributed by atoms with E-state index >= 15 is 0 Å². The number of carboxylic acids is 1. The second kappa shape index (κ2) is 4.79. The van der Waals surface area contributed by atoms with Crippen LogP contribution >= 0.6 is 11.8 Å². The van der Waals surface area contributed by atoms with E-state index < -0.39 is 21.4 Å². The summed E-state index contributed by atoms with van der Waals surface area (Å²) in [5.41, 5.74) is 5.95. The zero-order valence-corrected chi connectivity index (χ0v) is 10.9. The maximum atomic E-state index is 12.3. The summed E-state index contributed by atoms with van der Waals surface area (Å²) in [5.74, 6) is -0.665. The monoisotopic (exact) mass is 288 g/mol. The predicted molar refractivity (Wildman–Crippen MR) is 68.6 cm³/mol. The van der Waals surface area contributed by atoms with Crippen LogP contribution in [0.4, 0.5) is 5.69 Å². The first kappa shape index (κ1) is 13.2. The highest BCUT2D eigenvalue weighted by Crippen LogP contribution is 2.30. The fourth-order valence-electron chi connectivity index (χ4n) is 1.67. The molecule has 1 heterocycles. The average molecular weight is 288 g/mol. The highest BCUT2D eigenvalue weighted by atomic mass is 32.2. The van der Waals surface area contributed by atoms with Crippen molar-refractivity contribution in [3.63, 3.8) is 0 Å². The van der Waals surface area contributed by atoms with Crippen LogP contribution < -0.4 is 5.73 Å². The van der Waals surface area contributed by atoms with E-state index in [-0.39, 0.29) is 11.4 Å². The lowest BCUT2D eigenvalue weighted by molar-refractivity contribution is -0.138. The van der Waals surface area contributed by atoms with Crippen LogP contribution in [0.5, 0.6) is 0 Å². The number of carbonyl (C=O) groups is 1. The summed E-state index contributed by atoms with van der Waals surface area (Å²) >= 11 is 1.11. The lowest BCUT2D eigenvalue weighted by Crippen LogP contribution is -2.39. The van der Waals surface area contributed by atoms with E-state index in [2.05, 4.69) is 0 Å². The van der Waals surface area contributed by atoms with Crippen molar-refractivity contribution in [2.24, 2.45) is 0 Å². The topological polar surface area (TPSA) is 101 Å². The molecule has 1 fully saturated rings. The predicted octanol–water partition coefficient (Wildman–Crippen LogP) is 0.417. The maximum absolute atomic E-state index is 12.3. The molecule has 0 radical (unpaired) electrons. The number of carboxylic acid groups (broad SMARTS) is 1. The molecule has 8 heteroatoms. The molecule has 0 aliphatic carbocycles. The largest absolute Gasteiger partial charge is 0.479 e. The molecule has 0 unspecified atom stereocenters. The maximum Gasteiger partial charge on any atom is 0.332 e. The number of anilines is 1. The zero-order chi connectivity index (χ0) is 13.3. The third-order valence-electron chi connectivity index (χ3n) is 2.55. The first-order valence-corrected chi connectivity index (χ1v) is 7.63. The van der Waals surface area contributed by atoms with Gasteiger partial charge in [0, 0.05) is 18.0 Å². The van der Waals surface area contributed by atoms with E-state index in [4.69, 9.17) is 10.8 Å². The van der Waals surface area contributed by atoms with Crippen molar-refractivity contribution in [1.29, 1.82) is 0 Å². The molecular weight excluding hydrogens is 276 g/mol. The van der Waals surface area contributed by atoms with Crippen LogP contribution in [0.15, 0.2) is 29.2 Å². The summed E-state index contributed by atoms with van der Waals surface area (Å²) in [6, 6.07) is 5.72. The minimum absolute atomic E-state index is 0.0606.